The average Bonchev–Trinajstić information content (AvgIpc) is 2.34. The monoisotopic (exact) mass is 248 g/mol. The summed E-state index contributed by atoms with van der Waals surface area (Å²) < 4.78 is 4.95. The van der Waals surface area contributed by atoms with E-state index in [9.17, 15) is 9.90 Å². The van der Waals surface area contributed by atoms with Gasteiger partial charge in [0.1, 0.15) is 0 Å². The van der Waals surface area contributed by atoms with Crippen LogP contribution in [0.15, 0.2) is 24.3 Å². The summed E-state index contributed by atoms with van der Waals surface area (Å²) in [5, 5.41) is 10.2. The molecule has 1 saturated carbocycles. The van der Waals surface area contributed by atoms with Crippen molar-refractivity contribution in [2.75, 3.05) is 7.11 Å². The number of aliphatic hydroxyl groups is 1. The summed E-state index contributed by atoms with van der Waals surface area (Å²) in [6.45, 7) is 3.93. The van der Waals surface area contributed by atoms with Gasteiger partial charge in [-0.1, -0.05) is 31.2 Å². The van der Waals surface area contributed by atoms with E-state index < -0.39 is 11.0 Å². The van der Waals surface area contributed by atoms with E-state index >= 15 is 0 Å². The minimum atomic E-state index is -0.726. The molecule has 18 heavy (non-hydrogen) atoms. The van der Waals surface area contributed by atoms with Gasteiger partial charge in [-0.2, -0.15) is 0 Å². The fraction of sp³-hybridized carbons (Fsp3) is 0.533. The van der Waals surface area contributed by atoms with Gasteiger partial charge in [0.15, 0.2) is 0 Å². The minimum Gasteiger partial charge on any atom is -0.468 e. The zero-order valence-electron chi connectivity index (χ0n) is 11.2. The quantitative estimate of drug-likeness (QED) is 0.835. The van der Waals surface area contributed by atoms with E-state index in [1.165, 1.54) is 7.11 Å². The second kappa shape index (κ2) is 4.39. The Bertz CT molecular complexity index is 459. The number of hydrogen-bond donors (Lipinski definition) is 1. The summed E-state index contributed by atoms with van der Waals surface area (Å²) in [7, 11) is 1.41. The van der Waals surface area contributed by atoms with Crippen LogP contribution in [0.3, 0.4) is 0 Å². The third-order valence-corrected chi connectivity index (χ3v) is 4.16. The molecule has 98 valence electrons. The largest absolute Gasteiger partial charge is 0.468 e. The van der Waals surface area contributed by atoms with Gasteiger partial charge >= 0.3 is 5.97 Å². The Hall–Kier alpha value is -1.35. The first kappa shape index (κ1) is 13.1. The number of benzene rings is 1. The summed E-state index contributed by atoms with van der Waals surface area (Å²) in [5.74, 6) is -0.241. The third kappa shape index (κ3) is 1.83. The van der Waals surface area contributed by atoms with Crippen molar-refractivity contribution in [3.8, 4) is 0 Å². The highest BCUT2D eigenvalue weighted by Crippen LogP contribution is 2.53. The predicted molar refractivity (Wildman–Crippen MR) is 69.3 cm³/mol. The van der Waals surface area contributed by atoms with Crippen LogP contribution in [-0.4, -0.2) is 23.8 Å². The molecule has 1 fully saturated rings. The molecule has 0 bridgehead atoms. The van der Waals surface area contributed by atoms with Gasteiger partial charge in [-0.25, -0.2) is 0 Å². The molecule has 0 unspecified atom stereocenters. The fourth-order valence-electron chi connectivity index (χ4n) is 3.07. The summed E-state index contributed by atoms with van der Waals surface area (Å²) in [5.41, 5.74) is 0.664. The Morgan fingerprint density at radius 1 is 1.39 bits per heavy atom. The van der Waals surface area contributed by atoms with Crippen LogP contribution < -0.4 is 0 Å². The molecule has 0 amide bonds. The van der Waals surface area contributed by atoms with Crippen molar-refractivity contribution in [1.29, 1.82) is 0 Å². The first-order chi connectivity index (χ1) is 8.47. The molecule has 3 heteroatoms. The van der Waals surface area contributed by atoms with Gasteiger partial charge in [0.2, 0.25) is 0 Å². The van der Waals surface area contributed by atoms with Crippen LogP contribution in [-0.2, 0) is 14.9 Å². The van der Waals surface area contributed by atoms with E-state index in [1.807, 2.05) is 38.1 Å². The molecule has 2 rings (SSSR count). The Labute approximate surface area is 108 Å². The number of aryl methyl sites for hydroxylation is 1. The summed E-state index contributed by atoms with van der Waals surface area (Å²) in [6, 6.07) is 7.83. The number of hydrogen-bond acceptors (Lipinski definition) is 3. The van der Waals surface area contributed by atoms with E-state index in [-0.39, 0.29) is 5.97 Å². The summed E-state index contributed by atoms with van der Waals surface area (Å²) in [6.07, 6.45) is 1.57. The van der Waals surface area contributed by atoms with Crippen molar-refractivity contribution in [3.63, 3.8) is 0 Å². The van der Waals surface area contributed by atoms with Gasteiger partial charge in [-0.15, -0.1) is 0 Å². The molecule has 0 radical (unpaired) electrons. The number of methoxy groups -OCH3 is 1. The van der Waals surface area contributed by atoms with E-state index in [1.54, 1.807) is 0 Å². The van der Waals surface area contributed by atoms with Crippen LogP contribution in [0.25, 0.3) is 0 Å². The summed E-state index contributed by atoms with van der Waals surface area (Å²) >= 11 is 0. The van der Waals surface area contributed by atoms with Crippen LogP contribution in [0, 0.1) is 6.92 Å². The SMILES string of the molecule is CCC1(O)CC(C(=O)OC)(c2ccccc2C)C1. The maximum absolute atomic E-state index is 12.1. The van der Waals surface area contributed by atoms with Gasteiger partial charge < -0.3 is 9.84 Å². The lowest BCUT2D eigenvalue weighted by atomic mass is 9.54. The first-order valence-electron chi connectivity index (χ1n) is 6.34. The summed E-state index contributed by atoms with van der Waals surface area (Å²) in [4.78, 5) is 12.1. The van der Waals surface area contributed by atoms with Crippen LogP contribution in [0.2, 0.25) is 0 Å². The van der Waals surface area contributed by atoms with Gasteiger partial charge in [-0.3, -0.25) is 4.79 Å². The van der Waals surface area contributed by atoms with Crippen LogP contribution in [0.1, 0.15) is 37.3 Å². The van der Waals surface area contributed by atoms with Crippen molar-refractivity contribution >= 4 is 5.97 Å². The van der Waals surface area contributed by atoms with Crippen LogP contribution in [0.5, 0.6) is 0 Å². The molecule has 1 aromatic carbocycles. The molecule has 1 aliphatic rings. The minimum absolute atomic E-state index is 0.241. The normalized spacial score (nSPS) is 30.7. The maximum atomic E-state index is 12.1. The first-order valence-corrected chi connectivity index (χ1v) is 6.34. The molecular formula is C15H20O3. The maximum Gasteiger partial charge on any atom is 0.316 e. The smallest absolute Gasteiger partial charge is 0.316 e. The van der Waals surface area contributed by atoms with Crippen LogP contribution in [0.4, 0.5) is 0 Å². The molecule has 0 spiro atoms. The molecule has 0 saturated heterocycles. The highest BCUT2D eigenvalue weighted by molar-refractivity contribution is 5.85. The Kier molecular flexibility index (Phi) is 3.20. The van der Waals surface area contributed by atoms with Gasteiger partial charge in [0.05, 0.1) is 18.1 Å². The second-order valence-electron chi connectivity index (χ2n) is 5.32. The molecule has 1 aliphatic carbocycles. The number of ether oxygens (including phenoxy) is 1. The highest BCUT2D eigenvalue weighted by atomic mass is 16.5. The van der Waals surface area contributed by atoms with Crippen molar-refractivity contribution in [2.24, 2.45) is 0 Å². The Morgan fingerprint density at radius 3 is 2.50 bits per heavy atom. The number of carbonyl (C=O) groups excluding carboxylic acids is 1. The molecule has 0 atom stereocenters. The fourth-order valence-corrected chi connectivity index (χ4v) is 3.07. The zero-order chi connectivity index (χ0) is 13.4. The van der Waals surface area contributed by atoms with E-state index in [0.29, 0.717) is 19.3 Å². The van der Waals surface area contributed by atoms with Crippen molar-refractivity contribution < 1.29 is 14.6 Å². The zero-order valence-corrected chi connectivity index (χ0v) is 11.2. The van der Waals surface area contributed by atoms with Crippen molar-refractivity contribution in [3.05, 3.63) is 35.4 Å². The molecule has 0 aliphatic heterocycles. The average molecular weight is 248 g/mol. The number of esters is 1. The highest BCUT2D eigenvalue weighted by Gasteiger charge is 2.59. The van der Waals surface area contributed by atoms with Gasteiger partial charge in [0.25, 0.3) is 0 Å². The standard InChI is InChI=1S/C15H20O3/c1-4-14(17)9-15(10-14,13(16)18-3)12-8-6-5-7-11(12)2/h5-8,17H,4,9-10H2,1-3H3. The van der Waals surface area contributed by atoms with Gasteiger partial charge in [-0.05, 0) is 37.3 Å². The number of rotatable bonds is 3. The van der Waals surface area contributed by atoms with Crippen molar-refractivity contribution in [2.45, 2.75) is 44.1 Å². The molecule has 3 nitrogen and oxygen atoms in total. The van der Waals surface area contributed by atoms with E-state index in [2.05, 4.69) is 0 Å². The molecule has 0 aromatic heterocycles. The topological polar surface area (TPSA) is 46.5 Å². The van der Waals surface area contributed by atoms with Crippen molar-refractivity contribution in [1.82, 2.24) is 0 Å². The number of carbonyl (C=O) groups is 1. The lowest BCUT2D eigenvalue weighted by Gasteiger charge is -2.51. The lowest BCUT2D eigenvalue weighted by Crippen LogP contribution is -2.59. The molecule has 1 aromatic rings. The Morgan fingerprint density at radius 2 is 2.00 bits per heavy atom. The molecule has 1 N–H and O–H groups in total. The molecule has 0 heterocycles. The lowest BCUT2D eigenvalue weighted by molar-refractivity contribution is -0.168. The predicted octanol–water partition coefficient (Wildman–Crippen LogP) is 2.34. The van der Waals surface area contributed by atoms with E-state index in [4.69, 9.17) is 4.74 Å². The Balaban J connectivity index is 2.41. The molecular weight excluding hydrogens is 228 g/mol. The second-order valence-corrected chi connectivity index (χ2v) is 5.32. The van der Waals surface area contributed by atoms with Gasteiger partial charge in [0, 0.05) is 0 Å². The van der Waals surface area contributed by atoms with Crippen LogP contribution >= 0.6 is 0 Å². The third-order valence-electron chi connectivity index (χ3n) is 4.16. The van der Waals surface area contributed by atoms with E-state index in [0.717, 1.165) is 11.1 Å².